The van der Waals surface area contributed by atoms with Gasteiger partial charge in [-0.25, -0.2) is 19.9 Å². The molecular weight excluding hydrogens is 412 g/mol. The van der Waals surface area contributed by atoms with Crippen LogP contribution in [0.25, 0.3) is 32.8 Å². The number of thiophene rings is 1. The Morgan fingerprint density at radius 3 is 2.81 bits per heavy atom. The van der Waals surface area contributed by atoms with Gasteiger partial charge in [0.25, 0.3) is 0 Å². The first-order chi connectivity index (χ1) is 15.1. The molecule has 4 aromatic heterocycles. The topological polar surface area (TPSA) is 117 Å². The summed E-state index contributed by atoms with van der Waals surface area (Å²) < 4.78 is 0. The minimum atomic E-state index is -0.704. The number of hydrogen-bond donors (Lipinski definition) is 3. The minimum Gasteiger partial charge on any atom is -0.481 e. The molecule has 7 rings (SSSR count). The zero-order chi connectivity index (χ0) is 21.1. The average molecular weight is 435 g/mol. The van der Waals surface area contributed by atoms with E-state index >= 15 is 0 Å². The number of nitrogens with zero attached hydrogens (tertiary/aromatic N) is 4. The van der Waals surface area contributed by atoms with Crippen molar-refractivity contribution in [1.29, 1.82) is 0 Å². The molecule has 9 heteroatoms. The Morgan fingerprint density at radius 2 is 2.00 bits per heavy atom. The minimum absolute atomic E-state index is 0.110. The van der Waals surface area contributed by atoms with Gasteiger partial charge in [-0.2, -0.15) is 0 Å². The standard InChI is InChI=1S/C22H22N6O2S/c1-10-8-23-20-17(25-10)14(9-24-20)19-27-18(13-6-7-31-21(13)28-19)26-16-12-4-2-11(3-5-12)15(16)22(29)30/h6-9,11-12,15-16H,2-5H2,1H3,(H,23,24)(H,29,30)(H,26,27,28)/t11?,12?,15-,16-/m0/s1. The van der Waals surface area contributed by atoms with Gasteiger partial charge in [-0.1, -0.05) is 0 Å². The number of carbonyl (C=O) groups is 1. The number of carboxylic acid groups (broad SMARTS) is 1. The first kappa shape index (κ1) is 18.7. The Kier molecular flexibility index (Phi) is 4.21. The second-order valence-electron chi connectivity index (χ2n) is 8.66. The monoisotopic (exact) mass is 434 g/mol. The lowest BCUT2D eigenvalue weighted by Crippen LogP contribution is -2.51. The van der Waals surface area contributed by atoms with Crippen LogP contribution in [0.1, 0.15) is 31.4 Å². The molecule has 0 unspecified atom stereocenters. The molecule has 8 nitrogen and oxygen atoms in total. The predicted molar refractivity (Wildman–Crippen MR) is 119 cm³/mol. The molecule has 0 aromatic carbocycles. The molecule has 4 aromatic rings. The fraction of sp³-hybridized carbons (Fsp3) is 0.409. The largest absolute Gasteiger partial charge is 0.481 e. The van der Waals surface area contributed by atoms with Crippen molar-refractivity contribution in [2.24, 2.45) is 17.8 Å². The van der Waals surface area contributed by atoms with E-state index < -0.39 is 5.97 Å². The van der Waals surface area contributed by atoms with Gasteiger partial charge < -0.3 is 15.4 Å². The SMILES string of the molecule is Cc1cnc2[nH]cc(-c3nc(N[C@H]4C5CCC(CC5)[C@@H]4C(=O)O)c4ccsc4n3)c2n1. The van der Waals surface area contributed by atoms with Crippen molar-refractivity contribution in [2.45, 2.75) is 38.6 Å². The van der Waals surface area contributed by atoms with Crippen molar-refractivity contribution in [2.75, 3.05) is 5.32 Å². The summed E-state index contributed by atoms with van der Waals surface area (Å²) >= 11 is 1.55. The van der Waals surface area contributed by atoms with Crippen molar-refractivity contribution in [3.05, 3.63) is 29.5 Å². The summed E-state index contributed by atoms with van der Waals surface area (Å²) in [6.45, 7) is 1.91. The maximum Gasteiger partial charge on any atom is 0.308 e. The van der Waals surface area contributed by atoms with Crippen LogP contribution in [0.3, 0.4) is 0 Å². The van der Waals surface area contributed by atoms with E-state index in [1.54, 1.807) is 17.5 Å². The molecule has 3 fully saturated rings. The molecule has 0 radical (unpaired) electrons. The third kappa shape index (κ3) is 2.98. The maximum atomic E-state index is 12.1. The quantitative estimate of drug-likeness (QED) is 0.440. The van der Waals surface area contributed by atoms with E-state index in [1.807, 2.05) is 24.6 Å². The molecule has 4 heterocycles. The summed E-state index contributed by atoms with van der Waals surface area (Å²) in [4.78, 5) is 34.8. The summed E-state index contributed by atoms with van der Waals surface area (Å²) in [6, 6.07) is 1.89. The Balaban J connectivity index is 1.46. The van der Waals surface area contributed by atoms with Crippen LogP contribution in [-0.2, 0) is 4.79 Å². The molecule has 3 aliphatic carbocycles. The summed E-state index contributed by atoms with van der Waals surface area (Å²) in [7, 11) is 0. The number of rotatable bonds is 4. The van der Waals surface area contributed by atoms with Crippen molar-refractivity contribution in [1.82, 2.24) is 24.9 Å². The Bertz CT molecular complexity index is 1310. The Morgan fingerprint density at radius 1 is 1.19 bits per heavy atom. The van der Waals surface area contributed by atoms with E-state index in [2.05, 4.69) is 20.3 Å². The van der Waals surface area contributed by atoms with Crippen molar-refractivity contribution < 1.29 is 9.90 Å². The highest BCUT2D eigenvalue weighted by atomic mass is 32.1. The first-order valence-corrected chi connectivity index (χ1v) is 11.5. The molecule has 3 N–H and O–H groups in total. The zero-order valence-electron chi connectivity index (χ0n) is 17.0. The smallest absolute Gasteiger partial charge is 0.308 e. The van der Waals surface area contributed by atoms with Crippen LogP contribution in [0.2, 0.25) is 0 Å². The van der Waals surface area contributed by atoms with Crippen molar-refractivity contribution in [3.8, 4) is 11.4 Å². The summed E-state index contributed by atoms with van der Waals surface area (Å²) in [5.74, 6) is 0.800. The van der Waals surface area contributed by atoms with Crippen LogP contribution in [0.4, 0.5) is 5.82 Å². The van der Waals surface area contributed by atoms with Gasteiger partial charge in [-0.15, -0.1) is 11.3 Å². The predicted octanol–water partition coefficient (Wildman–Crippen LogP) is 4.24. The van der Waals surface area contributed by atoms with E-state index in [-0.39, 0.29) is 17.9 Å². The van der Waals surface area contributed by atoms with Crippen molar-refractivity contribution >= 4 is 44.5 Å². The summed E-state index contributed by atoms with van der Waals surface area (Å²) in [5, 5.41) is 16.4. The van der Waals surface area contributed by atoms with Gasteiger partial charge in [0.1, 0.15) is 16.2 Å². The zero-order valence-corrected chi connectivity index (χ0v) is 17.8. The molecule has 3 aliphatic rings. The maximum absolute atomic E-state index is 12.1. The number of aryl methyl sites for hydroxylation is 1. The van der Waals surface area contributed by atoms with Crippen LogP contribution in [-0.4, -0.2) is 42.0 Å². The van der Waals surface area contributed by atoms with Crippen LogP contribution >= 0.6 is 11.3 Å². The van der Waals surface area contributed by atoms with Crippen LogP contribution in [0.5, 0.6) is 0 Å². The highest BCUT2D eigenvalue weighted by Crippen LogP contribution is 2.47. The Hall–Kier alpha value is -3.07. The summed E-state index contributed by atoms with van der Waals surface area (Å²) in [6.07, 6.45) is 7.74. The molecule has 0 saturated heterocycles. The lowest BCUT2D eigenvalue weighted by Gasteiger charge is -2.47. The van der Waals surface area contributed by atoms with E-state index in [0.717, 1.165) is 52.7 Å². The number of H-pyrrole nitrogens is 1. The first-order valence-electron chi connectivity index (χ1n) is 10.6. The number of aromatic nitrogens is 5. The second-order valence-corrected chi connectivity index (χ2v) is 9.55. The van der Waals surface area contributed by atoms with Gasteiger partial charge in [0.2, 0.25) is 0 Å². The van der Waals surface area contributed by atoms with Gasteiger partial charge in [0.05, 0.1) is 28.8 Å². The molecule has 0 spiro atoms. The molecule has 31 heavy (non-hydrogen) atoms. The van der Waals surface area contributed by atoms with Crippen LogP contribution in [0.15, 0.2) is 23.8 Å². The van der Waals surface area contributed by atoms with Gasteiger partial charge in [-0.05, 0) is 55.9 Å². The second kappa shape index (κ2) is 6.98. The molecule has 3 saturated carbocycles. The number of carboxylic acids is 1. The normalized spacial score (nSPS) is 25.3. The van der Waals surface area contributed by atoms with Crippen LogP contribution < -0.4 is 5.32 Å². The number of nitrogens with one attached hydrogen (secondary N) is 2. The van der Waals surface area contributed by atoms with E-state index in [9.17, 15) is 9.90 Å². The highest BCUT2D eigenvalue weighted by molar-refractivity contribution is 7.16. The van der Waals surface area contributed by atoms with Gasteiger partial charge in [-0.3, -0.25) is 4.79 Å². The van der Waals surface area contributed by atoms with Crippen molar-refractivity contribution in [3.63, 3.8) is 0 Å². The third-order valence-electron chi connectivity index (χ3n) is 6.87. The molecular formula is C22H22N6O2S. The highest BCUT2D eigenvalue weighted by Gasteiger charge is 2.47. The summed E-state index contributed by atoms with van der Waals surface area (Å²) in [5.41, 5.74) is 3.05. The number of aromatic amines is 1. The molecule has 2 atom stereocenters. The van der Waals surface area contributed by atoms with Gasteiger partial charge in [0, 0.05) is 12.2 Å². The lowest BCUT2D eigenvalue weighted by atomic mass is 9.61. The number of hydrogen-bond acceptors (Lipinski definition) is 7. The fourth-order valence-electron chi connectivity index (χ4n) is 5.41. The third-order valence-corrected chi connectivity index (χ3v) is 7.68. The molecule has 0 amide bonds. The fourth-order valence-corrected chi connectivity index (χ4v) is 6.17. The van der Waals surface area contributed by atoms with E-state index in [0.29, 0.717) is 23.2 Å². The number of anilines is 1. The van der Waals surface area contributed by atoms with Gasteiger partial charge >= 0.3 is 5.97 Å². The average Bonchev–Trinajstić information content (AvgIpc) is 3.41. The molecule has 0 aliphatic heterocycles. The van der Waals surface area contributed by atoms with Gasteiger partial charge in [0.15, 0.2) is 11.5 Å². The lowest BCUT2D eigenvalue weighted by molar-refractivity contribution is -0.148. The Labute approximate surface area is 182 Å². The molecule has 158 valence electrons. The number of aliphatic carboxylic acids is 1. The van der Waals surface area contributed by atoms with E-state index in [1.165, 1.54) is 0 Å². The van der Waals surface area contributed by atoms with E-state index in [4.69, 9.17) is 9.97 Å². The number of fused-ring (bicyclic) bond motifs is 5. The molecule has 2 bridgehead atoms. The van der Waals surface area contributed by atoms with Crippen LogP contribution in [0, 0.1) is 24.7 Å².